The summed E-state index contributed by atoms with van der Waals surface area (Å²) >= 11 is 1.53. The maximum atomic E-state index is 5.75. The molecule has 0 aliphatic rings. The SMILES string of the molecule is NCc1ccccc1CNCCNc1nsc2ccccc12. The highest BCUT2D eigenvalue weighted by Crippen LogP contribution is 2.25. The molecule has 0 aliphatic carbocycles. The molecule has 0 saturated heterocycles. The summed E-state index contributed by atoms with van der Waals surface area (Å²) in [6, 6.07) is 16.6. The Morgan fingerprint density at radius 1 is 0.955 bits per heavy atom. The van der Waals surface area contributed by atoms with Crippen LogP contribution in [0.3, 0.4) is 0 Å². The number of fused-ring (bicyclic) bond motifs is 1. The van der Waals surface area contributed by atoms with Gasteiger partial charge in [-0.1, -0.05) is 36.4 Å². The van der Waals surface area contributed by atoms with Gasteiger partial charge in [0.05, 0.1) is 4.70 Å². The van der Waals surface area contributed by atoms with Crippen molar-refractivity contribution >= 4 is 27.4 Å². The molecule has 114 valence electrons. The Labute approximate surface area is 134 Å². The molecule has 0 fully saturated rings. The Balaban J connectivity index is 1.48. The first-order valence-corrected chi connectivity index (χ1v) is 8.21. The van der Waals surface area contributed by atoms with Crippen molar-refractivity contribution in [3.63, 3.8) is 0 Å². The number of anilines is 1. The number of nitrogens with one attached hydrogen (secondary N) is 2. The average Bonchev–Trinajstić information content (AvgIpc) is 2.98. The van der Waals surface area contributed by atoms with Crippen molar-refractivity contribution in [1.82, 2.24) is 9.69 Å². The lowest BCUT2D eigenvalue weighted by molar-refractivity contribution is 0.700. The first-order chi connectivity index (χ1) is 10.9. The van der Waals surface area contributed by atoms with Crippen molar-refractivity contribution in [2.24, 2.45) is 5.73 Å². The fraction of sp³-hybridized carbons (Fsp3) is 0.235. The summed E-state index contributed by atoms with van der Waals surface area (Å²) in [5.41, 5.74) is 8.22. The number of aromatic nitrogens is 1. The maximum absolute atomic E-state index is 5.75. The van der Waals surface area contributed by atoms with Crippen molar-refractivity contribution in [2.75, 3.05) is 18.4 Å². The van der Waals surface area contributed by atoms with Crippen molar-refractivity contribution < 1.29 is 0 Å². The van der Waals surface area contributed by atoms with Gasteiger partial charge in [-0.05, 0) is 34.8 Å². The van der Waals surface area contributed by atoms with E-state index in [9.17, 15) is 0 Å². The summed E-state index contributed by atoms with van der Waals surface area (Å²) in [5, 5.41) is 8.03. The molecule has 0 spiro atoms. The van der Waals surface area contributed by atoms with E-state index in [-0.39, 0.29) is 0 Å². The number of nitrogens with two attached hydrogens (primary N) is 1. The second kappa shape index (κ2) is 7.35. The molecule has 4 N–H and O–H groups in total. The van der Waals surface area contributed by atoms with E-state index in [0.29, 0.717) is 6.54 Å². The molecule has 22 heavy (non-hydrogen) atoms. The van der Waals surface area contributed by atoms with Crippen molar-refractivity contribution in [2.45, 2.75) is 13.1 Å². The first-order valence-electron chi connectivity index (χ1n) is 7.44. The molecule has 0 amide bonds. The summed E-state index contributed by atoms with van der Waals surface area (Å²) in [6.07, 6.45) is 0. The van der Waals surface area contributed by atoms with Crippen LogP contribution in [0.25, 0.3) is 10.1 Å². The van der Waals surface area contributed by atoms with Crippen molar-refractivity contribution in [3.8, 4) is 0 Å². The fourth-order valence-electron chi connectivity index (χ4n) is 2.43. The third kappa shape index (κ3) is 3.44. The molecule has 0 unspecified atom stereocenters. The van der Waals surface area contributed by atoms with Gasteiger partial charge in [0.1, 0.15) is 5.82 Å². The average molecular weight is 312 g/mol. The molecule has 3 aromatic rings. The molecule has 0 saturated carbocycles. The Bertz CT molecular complexity index is 738. The van der Waals surface area contributed by atoms with E-state index in [0.717, 1.165) is 25.5 Å². The van der Waals surface area contributed by atoms with Crippen LogP contribution in [0.2, 0.25) is 0 Å². The summed E-state index contributed by atoms with van der Waals surface area (Å²) < 4.78 is 5.68. The summed E-state index contributed by atoms with van der Waals surface area (Å²) in [7, 11) is 0. The van der Waals surface area contributed by atoms with Gasteiger partial charge in [-0.2, -0.15) is 4.37 Å². The van der Waals surface area contributed by atoms with E-state index >= 15 is 0 Å². The lowest BCUT2D eigenvalue weighted by atomic mass is 10.1. The minimum absolute atomic E-state index is 0.584. The Morgan fingerprint density at radius 3 is 2.59 bits per heavy atom. The molecule has 5 heteroatoms. The summed E-state index contributed by atoms with van der Waals surface area (Å²) in [4.78, 5) is 0. The monoisotopic (exact) mass is 312 g/mol. The number of hydrogen-bond donors (Lipinski definition) is 3. The fourth-order valence-corrected chi connectivity index (χ4v) is 3.19. The minimum atomic E-state index is 0.584. The highest BCUT2D eigenvalue weighted by molar-refractivity contribution is 7.13. The second-order valence-corrected chi connectivity index (χ2v) is 5.91. The minimum Gasteiger partial charge on any atom is -0.367 e. The van der Waals surface area contributed by atoms with Crippen LogP contribution in [0.5, 0.6) is 0 Å². The van der Waals surface area contributed by atoms with E-state index in [2.05, 4.69) is 45.3 Å². The number of benzene rings is 2. The topological polar surface area (TPSA) is 63.0 Å². The van der Waals surface area contributed by atoms with Gasteiger partial charge in [0.15, 0.2) is 0 Å². The highest BCUT2D eigenvalue weighted by Gasteiger charge is 2.04. The van der Waals surface area contributed by atoms with Crippen LogP contribution < -0.4 is 16.4 Å². The van der Waals surface area contributed by atoms with E-state index in [4.69, 9.17) is 5.73 Å². The largest absolute Gasteiger partial charge is 0.367 e. The van der Waals surface area contributed by atoms with Crippen LogP contribution >= 0.6 is 11.5 Å². The number of nitrogens with zero attached hydrogens (tertiary/aromatic N) is 1. The Hall–Kier alpha value is -1.95. The predicted molar refractivity (Wildman–Crippen MR) is 94.1 cm³/mol. The lowest BCUT2D eigenvalue weighted by Crippen LogP contribution is -2.22. The van der Waals surface area contributed by atoms with E-state index in [1.54, 1.807) is 0 Å². The van der Waals surface area contributed by atoms with Gasteiger partial charge in [0, 0.05) is 31.6 Å². The van der Waals surface area contributed by atoms with Gasteiger partial charge in [-0.3, -0.25) is 0 Å². The zero-order valence-corrected chi connectivity index (χ0v) is 13.2. The number of hydrogen-bond acceptors (Lipinski definition) is 5. The van der Waals surface area contributed by atoms with Crippen LogP contribution in [0.4, 0.5) is 5.82 Å². The van der Waals surface area contributed by atoms with E-state index in [1.807, 2.05) is 18.2 Å². The van der Waals surface area contributed by atoms with Gasteiger partial charge < -0.3 is 16.4 Å². The Morgan fingerprint density at radius 2 is 1.73 bits per heavy atom. The Kier molecular flexibility index (Phi) is 5.00. The first kappa shape index (κ1) is 15.0. The predicted octanol–water partition coefficient (Wildman–Crippen LogP) is 2.96. The zero-order valence-electron chi connectivity index (χ0n) is 12.4. The molecule has 0 atom stereocenters. The lowest BCUT2D eigenvalue weighted by Gasteiger charge is -2.09. The molecule has 3 rings (SSSR count). The van der Waals surface area contributed by atoms with Crippen molar-refractivity contribution in [1.29, 1.82) is 0 Å². The standard InChI is InChI=1S/C17H20N4S/c18-11-13-5-1-2-6-14(13)12-19-9-10-20-17-15-7-3-4-8-16(15)22-21-17/h1-8,19H,9-12,18H2,(H,20,21). The summed E-state index contributed by atoms with van der Waals surface area (Å²) in [5.74, 6) is 0.977. The third-order valence-corrected chi connectivity index (χ3v) is 4.45. The quantitative estimate of drug-likeness (QED) is 0.587. The van der Waals surface area contributed by atoms with Gasteiger partial charge >= 0.3 is 0 Å². The van der Waals surface area contributed by atoms with Gasteiger partial charge in [-0.25, -0.2) is 0 Å². The molecule has 4 nitrogen and oxygen atoms in total. The van der Waals surface area contributed by atoms with E-state index in [1.165, 1.54) is 32.7 Å². The highest BCUT2D eigenvalue weighted by atomic mass is 32.1. The molecule has 1 heterocycles. The smallest absolute Gasteiger partial charge is 0.147 e. The molecular weight excluding hydrogens is 292 g/mol. The molecular formula is C17H20N4S. The van der Waals surface area contributed by atoms with Crippen LogP contribution in [-0.4, -0.2) is 17.5 Å². The van der Waals surface area contributed by atoms with Crippen LogP contribution in [-0.2, 0) is 13.1 Å². The maximum Gasteiger partial charge on any atom is 0.147 e. The summed E-state index contributed by atoms with van der Waals surface area (Å²) in [6.45, 7) is 3.15. The van der Waals surface area contributed by atoms with Crippen molar-refractivity contribution in [3.05, 3.63) is 59.7 Å². The van der Waals surface area contributed by atoms with Crippen LogP contribution in [0.15, 0.2) is 48.5 Å². The van der Waals surface area contributed by atoms with Crippen LogP contribution in [0.1, 0.15) is 11.1 Å². The molecule has 0 bridgehead atoms. The third-order valence-electron chi connectivity index (χ3n) is 3.63. The van der Waals surface area contributed by atoms with Gasteiger partial charge in [-0.15, -0.1) is 0 Å². The molecule has 0 radical (unpaired) electrons. The van der Waals surface area contributed by atoms with Gasteiger partial charge in [0.25, 0.3) is 0 Å². The van der Waals surface area contributed by atoms with E-state index < -0.39 is 0 Å². The second-order valence-electron chi connectivity index (χ2n) is 5.10. The number of rotatable bonds is 7. The molecule has 2 aromatic carbocycles. The molecule has 0 aliphatic heterocycles. The zero-order chi connectivity index (χ0) is 15.2. The van der Waals surface area contributed by atoms with Gasteiger partial charge in [0.2, 0.25) is 0 Å². The normalized spacial score (nSPS) is 11.0. The molecule has 1 aromatic heterocycles. The van der Waals surface area contributed by atoms with Crippen LogP contribution in [0, 0.1) is 0 Å².